The van der Waals surface area contributed by atoms with Crippen LogP contribution in [0.5, 0.6) is 5.75 Å². The molecule has 448 valence electrons. The maximum Gasteiger partial charge on any atom is 0.233 e. The van der Waals surface area contributed by atoms with E-state index in [0.717, 1.165) is 123 Å². The van der Waals surface area contributed by atoms with Gasteiger partial charge in [0.15, 0.2) is 0 Å². The number of rotatable bonds is 32. The van der Waals surface area contributed by atoms with Gasteiger partial charge in [0.2, 0.25) is 23.0 Å². The normalized spacial score (nSPS) is 14.8. The molecule has 0 fully saturated rings. The molecule has 11 rings (SSSR count). The lowest BCUT2D eigenvalue weighted by molar-refractivity contribution is -0.463. The Morgan fingerprint density at radius 1 is 0.565 bits per heavy atom. The van der Waals surface area contributed by atoms with E-state index < -0.39 is 17.3 Å². The Bertz CT molecular complexity index is 3770. The van der Waals surface area contributed by atoms with Crippen LogP contribution in [0.1, 0.15) is 212 Å². The molecule has 8 aromatic rings. The van der Waals surface area contributed by atoms with Gasteiger partial charge in [-0.25, -0.2) is 0 Å². The molecule has 2 aliphatic heterocycles. The smallest absolute Gasteiger partial charge is 0.233 e. The number of ether oxygens (including phenoxy) is 1. The Hall–Kier alpha value is -5.91. The number of hydrogen-bond donors (Lipinski definition) is 1. The van der Waals surface area contributed by atoms with E-state index >= 15 is 0 Å². The third-order valence-corrected chi connectivity index (χ3v) is 21.4. The first-order chi connectivity index (χ1) is 41.7. The Labute approximate surface area is 518 Å². The highest BCUT2D eigenvalue weighted by atomic mass is 32.1. The van der Waals surface area contributed by atoms with Crippen molar-refractivity contribution in [2.45, 2.75) is 209 Å². The summed E-state index contributed by atoms with van der Waals surface area (Å²) in [5.41, 5.74) is 9.37. The van der Waals surface area contributed by atoms with Gasteiger partial charge < -0.3 is 14.4 Å². The molecular weight excluding hydrogens is 1100 g/mol. The number of aryl methyl sites for hydroxylation is 2. The van der Waals surface area contributed by atoms with Crippen LogP contribution in [0.3, 0.4) is 0 Å². The number of allylic oxidation sites excluding steroid dienone is 4. The molecule has 2 N–H and O–H groups in total. The van der Waals surface area contributed by atoms with Crippen molar-refractivity contribution in [2.75, 3.05) is 13.2 Å². The minimum Gasteiger partial charge on any atom is -0.871 e. The number of Topliss-reactive ketones (excluding diaryl/α,β-unsaturated/α-hetero) is 2. The first-order valence-corrected chi connectivity index (χ1v) is 35.5. The highest BCUT2D eigenvalue weighted by Gasteiger charge is 2.37. The second-order valence-electron chi connectivity index (χ2n) is 24.0. The van der Waals surface area contributed by atoms with E-state index in [1.165, 1.54) is 157 Å². The van der Waals surface area contributed by atoms with Crippen molar-refractivity contribution in [3.63, 3.8) is 0 Å². The standard InChI is InChI=1S/C67H73N3O4S3.C8H18/c1-5-9-13-17-18-21-35-69-53-34-33-45(46-29-25-31-48(61(46)53)54(69)40-50-62(71)49(63(72)64(50)73)39-52-47-30-23-26-43-27-24-32-51(68-52)60(43)47)58-42-57(74-37-22-16-12-8-4)67(76-58)59-41-56-66(77-59)65-55(70(56)36-20-15-11-7-3)38-44(75-65)28-19-14-10-6-2;1-3-5-7-8-6-4-2/h23-27,29-34,38-42H,5-22,28,35-37H2,1-4H3,(H,71,73);3-8H2,1-2H3/p+1. The number of unbranched alkanes of at least 4 members (excludes halogenated alkanes) is 19. The number of quaternary nitrogens is 1. The third kappa shape index (κ3) is 13.8. The van der Waals surface area contributed by atoms with Gasteiger partial charge in [-0.2, -0.15) is 4.58 Å². The number of carbonyl (C=O) groups excluding carboxylic acids is 2. The number of carbonyl (C=O) groups is 2. The van der Waals surface area contributed by atoms with Gasteiger partial charge in [-0.3, -0.25) is 14.9 Å². The first kappa shape index (κ1) is 62.2. The van der Waals surface area contributed by atoms with E-state index in [0.29, 0.717) is 6.61 Å². The van der Waals surface area contributed by atoms with Crippen molar-refractivity contribution < 1.29 is 29.3 Å². The van der Waals surface area contributed by atoms with E-state index in [1.54, 1.807) is 12.2 Å². The number of benzene rings is 4. The van der Waals surface area contributed by atoms with Gasteiger partial charge >= 0.3 is 0 Å². The number of aromatic nitrogens is 1. The summed E-state index contributed by atoms with van der Waals surface area (Å²) in [5.74, 6) is -1.04. The van der Waals surface area contributed by atoms with Crippen LogP contribution in [-0.4, -0.2) is 39.6 Å². The number of hydrogen-bond acceptors (Lipinski definition) is 7. The molecule has 4 aromatic carbocycles. The zero-order valence-corrected chi connectivity index (χ0v) is 54.3. The predicted molar refractivity (Wildman–Crippen MR) is 363 cm³/mol. The van der Waals surface area contributed by atoms with E-state index in [-0.39, 0.29) is 11.1 Å². The quantitative estimate of drug-likeness (QED) is 0.0150. The molecule has 10 heteroatoms. The molecule has 0 radical (unpaired) electrons. The molecule has 1 aliphatic carbocycles. The van der Waals surface area contributed by atoms with Gasteiger partial charge in [-0.15, -0.1) is 34.0 Å². The number of ketones is 2. The summed E-state index contributed by atoms with van der Waals surface area (Å²) in [4.78, 5) is 33.1. The summed E-state index contributed by atoms with van der Waals surface area (Å²) in [6.45, 7) is 16.0. The zero-order valence-electron chi connectivity index (χ0n) is 51.9. The van der Waals surface area contributed by atoms with Crippen LogP contribution in [0, 0.1) is 0 Å². The topological polar surface area (TPSA) is 91.0 Å². The fraction of sp³-hybridized carbons (Fsp3) is 0.453. The van der Waals surface area contributed by atoms with Gasteiger partial charge in [-0.05, 0) is 79.3 Å². The monoisotopic (exact) mass is 1190 g/mol. The van der Waals surface area contributed by atoms with Crippen molar-refractivity contribution in [3.05, 3.63) is 130 Å². The van der Waals surface area contributed by atoms with E-state index in [2.05, 4.69) is 111 Å². The van der Waals surface area contributed by atoms with Crippen molar-refractivity contribution in [3.8, 4) is 25.9 Å². The number of thiophene rings is 3. The summed E-state index contributed by atoms with van der Waals surface area (Å²) in [6.07, 6.45) is 34.4. The second-order valence-corrected chi connectivity index (χ2v) is 27.3. The Balaban J connectivity index is 0.000000937. The summed E-state index contributed by atoms with van der Waals surface area (Å²) in [6, 6.07) is 30.4. The fourth-order valence-corrected chi connectivity index (χ4v) is 16.7. The van der Waals surface area contributed by atoms with Gasteiger partial charge in [0.05, 0.1) is 53.1 Å². The highest BCUT2D eigenvalue weighted by Crippen LogP contribution is 2.52. The van der Waals surface area contributed by atoms with Crippen LogP contribution >= 0.6 is 34.0 Å². The second kappa shape index (κ2) is 30.1. The largest absolute Gasteiger partial charge is 0.871 e. The molecule has 0 saturated heterocycles. The van der Waals surface area contributed by atoms with Crippen LogP contribution in [0.2, 0.25) is 0 Å². The molecule has 0 saturated carbocycles. The Kier molecular flexibility index (Phi) is 22.0. The molecule has 0 atom stereocenters. The maximum atomic E-state index is 14.5. The van der Waals surface area contributed by atoms with Crippen molar-refractivity contribution in [2.24, 2.45) is 0 Å². The van der Waals surface area contributed by atoms with Crippen LogP contribution in [0.15, 0.2) is 114 Å². The van der Waals surface area contributed by atoms with E-state index in [9.17, 15) is 14.7 Å². The molecule has 85 heavy (non-hydrogen) atoms. The molecule has 3 aliphatic rings. The summed E-state index contributed by atoms with van der Waals surface area (Å²) in [7, 11) is 0. The van der Waals surface area contributed by atoms with Crippen LogP contribution in [0.4, 0.5) is 11.4 Å². The lowest BCUT2D eigenvalue weighted by Gasteiger charge is -2.09. The minimum absolute atomic E-state index is 0.0626. The number of nitrogens with two attached hydrogens (primary N) is 1. The first-order valence-electron chi connectivity index (χ1n) is 33.1. The predicted octanol–water partition coefficient (Wildman–Crippen LogP) is 20.4. The molecule has 4 aromatic heterocycles. The van der Waals surface area contributed by atoms with Gasteiger partial charge in [0.25, 0.3) is 0 Å². The van der Waals surface area contributed by atoms with Crippen molar-refractivity contribution >= 4 is 110 Å². The van der Waals surface area contributed by atoms with Gasteiger partial charge in [0.1, 0.15) is 23.7 Å². The molecule has 7 nitrogen and oxygen atoms in total. The molecule has 0 unspecified atom stereocenters. The Morgan fingerprint density at radius 2 is 1.19 bits per heavy atom. The number of nitrogens with zero attached hydrogens (tertiary/aromatic N) is 2. The molecular formula is C75H92N3O4S3+. The van der Waals surface area contributed by atoms with Crippen molar-refractivity contribution in [1.29, 1.82) is 0 Å². The number of fused-ring (bicyclic) bond motifs is 3. The zero-order chi connectivity index (χ0) is 59.2. The summed E-state index contributed by atoms with van der Waals surface area (Å²) >= 11 is 5.77. The fourth-order valence-electron chi connectivity index (χ4n) is 12.9. The highest BCUT2D eigenvalue weighted by molar-refractivity contribution is 7.31. The third-order valence-electron chi connectivity index (χ3n) is 17.6. The summed E-state index contributed by atoms with van der Waals surface area (Å²) in [5, 5.41) is 21.0. The van der Waals surface area contributed by atoms with E-state index in [4.69, 9.17) is 4.74 Å². The molecule has 0 spiro atoms. The molecule has 0 bridgehead atoms. The maximum absolute atomic E-state index is 14.5. The lowest BCUT2D eigenvalue weighted by atomic mass is 9.96. The molecule has 0 amide bonds. The van der Waals surface area contributed by atoms with Crippen molar-refractivity contribution in [1.82, 2.24) is 4.57 Å². The van der Waals surface area contributed by atoms with Crippen LogP contribution in [0.25, 0.3) is 67.9 Å². The average molecular weight is 1200 g/mol. The van der Waals surface area contributed by atoms with Crippen LogP contribution < -0.4 is 15.2 Å². The minimum atomic E-state index is -0.740. The molecule has 6 heterocycles. The SMILES string of the molecule is CCCCCCCC.CCCCCCCC[N+]1=C(/C=C2\C(=O)C(=O)C(/C=C3/[NH2+]c4cccc5cccc3c45)=C2[O-])c2cccc3c(-c4cc(OCCCCCC)c(-c5cc6c(s5)c5sc(CCCCCC)cc5n6CCCCCC)s4)ccc1c23. The van der Waals surface area contributed by atoms with Gasteiger partial charge in [-0.1, -0.05) is 206 Å². The van der Waals surface area contributed by atoms with Gasteiger partial charge in [0, 0.05) is 69.3 Å². The van der Waals surface area contributed by atoms with E-state index in [1.807, 2.05) is 63.6 Å². The lowest BCUT2D eigenvalue weighted by Crippen LogP contribution is -2.72. The summed E-state index contributed by atoms with van der Waals surface area (Å²) < 4.78 is 14.6. The average Bonchev–Trinajstić information content (AvgIpc) is 2.83. The Morgan fingerprint density at radius 3 is 1.92 bits per heavy atom. The van der Waals surface area contributed by atoms with Crippen LogP contribution in [-0.2, 0) is 22.6 Å².